The predicted octanol–water partition coefficient (Wildman–Crippen LogP) is 3.66. The van der Waals surface area contributed by atoms with E-state index in [1.54, 1.807) is 12.1 Å². The molecule has 0 aliphatic rings. The number of hydrogen-bond donors (Lipinski definition) is 1. The normalized spacial score (nSPS) is 12.8. The van der Waals surface area contributed by atoms with Crippen LogP contribution in [0.25, 0.3) is 10.1 Å². The maximum Gasteiger partial charge on any atom is 0.141 e. The zero-order valence-corrected chi connectivity index (χ0v) is 10.5. The summed E-state index contributed by atoms with van der Waals surface area (Å²) in [5.74, 6) is -0.817. The van der Waals surface area contributed by atoms with E-state index in [0.29, 0.717) is 10.4 Å². The third-order valence-corrected chi connectivity index (χ3v) is 3.98. The van der Waals surface area contributed by atoms with Crippen molar-refractivity contribution in [2.45, 2.75) is 6.10 Å². The summed E-state index contributed by atoms with van der Waals surface area (Å²) in [6.07, 6.45) is 1.54. The maximum atomic E-state index is 13.1. The minimum absolute atomic E-state index is 0.321. The van der Waals surface area contributed by atoms with Gasteiger partial charge in [0.25, 0.3) is 0 Å². The lowest BCUT2D eigenvalue weighted by Crippen LogP contribution is -1.98. The fraction of sp³-hybridized carbons (Fsp3) is 0.0714. The van der Waals surface area contributed by atoms with Crippen LogP contribution in [0.1, 0.15) is 16.5 Å². The van der Waals surface area contributed by atoms with Gasteiger partial charge in [0.05, 0.1) is 6.20 Å². The maximum absolute atomic E-state index is 13.1. The molecule has 1 N–H and O–H groups in total. The first kappa shape index (κ1) is 12.2. The molecule has 0 fully saturated rings. The lowest BCUT2D eigenvalue weighted by atomic mass is 10.1. The highest BCUT2D eigenvalue weighted by Crippen LogP contribution is 2.33. The Morgan fingerprint density at radius 3 is 2.68 bits per heavy atom. The molecule has 2 heterocycles. The van der Waals surface area contributed by atoms with E-state index < -0.39 is 11.9 Å². The Morgan fingerprint density at radius 1 is 1.05 bits per heavy atom. The third-order valence-electron chi connectivity index (χ3n) is 2.81. The molecule has 0 amide bonds. The van der Waals surface area contributed by atoms with Gasteiger partial charge in [-0.05, 0) is 35.7 Å². The van der Waals surface area contributed by atoms with Gasteiger partial charge in [0.2, 0.25) is 0 Å². The summed E-state index contributed by atoms with van der Waals surface area (Å²) in [7, 11) is 0. The van der Waals surface area contributed by atoms with Crippen LogP contribution in [0.2, 0.25) is 0 Å². The summed E-state index contributed by atoms with van der Waals surface area (Å²) in [6, 6.07) is 7.39. The molecule has 3 aromatic rings. The van der Waals surface area contributed by atoms with E-state index in [-0.39, 0.29) is 5.82 Å². The fourth-order valence-corrected chi connectivity index (χ4v) is 2.97. The highest BCUT2D eigenvalue weighted by molar-refractivity contribution is 7.19. The molecule has 1 atom stereocenters. The molecule has 0 aliphatic heterocycles. The molecule has 1 aromatic carbocycles. The average Bonchev–Trinajstić information content (AvgIpc) is 2.80. The number of aliphatic hydroxyl groups excluding tert-OH is 1. The zero-order chi connectivity index (χ0) is 13.4. The van der Waals surface area contributed by atoms with Gasteiger partial charge in [-0.25, -0.2) is 8.78 Å². The molecule has 2 nitrogen and oxygen atoms in total. The van der Waals surface area contributed by atoms with E-state index in [1.165, 1.54) is 35.7 Å². The van der Waals surface area contributed by atoms with Gasteiger partial charge in [-0.1, -0.05) is 0 Å². The van der Waals surface area contributed by atoms with Gasteiger partial charge in [-0.15, -0.1) is 11.3 Å². The first-order valence-electron chi connectivity index (χ1n) is 5.61. The summed E-state index contributed by atoms with van der Waals surface area (Å²) in [5.41, 5.74) is 0.382. The largest absolute Gasteiger partial charge is 0.383 e. The van der Waals surface area contributed by atoms with Crippen molar-refractivity contribution in [3.05, 3.63) is 64.8 Å². The molecule has 5 heteroatoms. The van der Waals surface area contributed by atoms with Gasteiger partial charge < -0.3 is 5.11 Å². The van der Waals surface area contributed by atoms with Gasteiger partial charge in [-0.3, -0.25) is 4.98 Å². The number of halogens is 2. The minimum atomic E-state index is -0.955. The first-order chi connectivity index (χ1) is 9.13. The summed E-state index contributed by atoms with van der Waals surface area (Å²) >= 11 is 1.35. The van der Waals surface area contributed by atoms with Crippen molar-refractivity contribution in [1.29, 1.82) is 0 Å². The first-order valence-corrected chi connectivity index (χ1v) is 6.42. The fourth-order valence-electron chi connectivity index (χ4n) is 1.91. The summed E-state index contributed by atoms with van der Waals surface area (Å²) < 4.78 is 27.1. The van der Waals surface area contributed by atoms with Gasteiger partial charge in [-0.2, -0.15) is 0 Å². The van der Waals surface area contributed by atoms with Gasteiger partial charge in [0, 0.05) is 21.3 Å². The Labute approximate surface area is 112 Å². The molecule has 0 saturated carbocycles. The Morgan fingerprint density at radius 2 is 1.89 bits per heavy atom. The number of aliphatic hydroxyl groups is 1. The van der Waals surface area contributed by atoms with E-state index in [0.717, 1.165) is 16.3 Å². The molecular weight excluding hydrogens is 268 g/mol. The second kappa shape index (κ2) is 4.68. The van der Waals surface area contributed by atoms with Gasteiger partial charge >= 0.3 is 0 Å². The topological polar surface area (TPSA) is 33.1 Å². The number of fused-ring (bicyclic) bond motifs is 1. The zero-order valence-electron chi connectivity index (χ0n) is 9.68. The standard InChI is InChI=1S/C14H9F2NOS/c15-10-1-2-12-8(3-10)5-13(19-12)14(18)9-4-11(16)7-17-6-9/h1-7,14,18H. The molecule has 1 unspecified atom stereocenters. The lowest BCUT2D eigenvalue weighted by Gasteiger charge is -2.07. The van der Waals surface area contributed by atoms with Crippen molar-refractivity contribution in [1.82, 2.24) is 4.98 Å². The Bertz CT molecular complexity index is 741. The van der Waals surface area contributed by atoms with Gasteiger partial charge in [0.1, 0.15) is 17.7 Å². The van der Waals surface area contributed by atoms with Crippen LogP contribution in [0.15, 0.2) is 42.7 Å². The SMILES string of the molecule is OC(c1cncc(F)c1)c1cc2cc(F)ccc2s1. The van der Waals surface area contributed by atoms with Crippen LogP contribution in [0, 0.1) is 11.6 Å². The molecular formula is C14H9F2NOS. The molecule has 2 aromatic heterocycles. The quantitative estimate of drug-likeness (QED) is 0.775. The van der Waals surface area contributed by atoms with Crippen LogP contribution < -0.4 is 0 Å². The molecule has 0 aliphatic carbocycles. The molecule has 0 spiro atoms. The third kappa shape index (κ3) is 2.34. The lowest BCUT2D eigenvalue weighted by molar-refractivity contribution is 0.223. The average molecular weight is 277 g/mol. The van der Waals surface area contributed by atoms with Crippen molar-refractivity contribution < 1.29 is 13.9 Å². The smallest absolute Gasteiger partial charge is 0.141 e. The summed E-state index contributed by atoms with van der Waals surface area (Å²) in [4.78, 5) is 4.34. The van der Waals surface area contributed by atoms with E-state index in [4.69, 9.17) is 0 Å². The van der Waals surface area contributed by atoms with E-state index in [1.807, 2.05) is 0 Å². The number of rotatable bonds is 2. The monoisotopic (exact) mass is 277 g/mol. The highest BCUT2D eigenvalue weighted by Gasteiger charge is 2.15. The molecule has 19 heavy (non-hydrogen) atoms. The van der Waals surface area contributed by atoms with E-state index in [9.17, 15) is 13.9 Å². The Hall–Kier alpha value is -1.85. The molecule has 3 rings (SSSR count). The van der Waals surface area contributed by atoms with Crippen molar-refractivity contribution in [3.63, 3.8) is 0 Å². The molecule has 0 saturated heterocycles. The number of nitrogens with zero attached hydrogens (tertiary/aromatic N) is 1. The van der Waals surface area contributed by atoms with Crippen LogP contribution >= 0.6 is 11.3 Å². The number of benzene rings is 1. The molecule has 96 valence electrons. The number of aromatic nitrogens is 1. The number of hydrogen-bond acceptors (Lipinski definition) is 3. The van der Waals surface area contributed by atoms with Crippen molar-refractivity contribution in [2.75, 3.05) is 0 Å². The molecule has 0 bridgehead atoms. The molecule has 0 radical (unpaired) electrons. The van der Waals surface area contributed by atoms with E-state index in [2.05, 4.69) is 4.98 Å². The Kier molecular flexibility index (Phi) is 3.00. The minimum Gasteiger partial charge on any atom is -0.383 e. The summed E-state index contributed by atoms with van der Waals surface area (Å²) in [6.45, 7) is 0. The van der Waals surface area contributed by atoms with Crippen LogP contribution in [-0.2, 0) is 0 Å². The van der Waals surface area contributed by atoms with Crippen LogP contribution in [-0.4, -0.2) is 10.1 Å². The predicted molar refractivity (Wildman–Crippen MR) is 70.0 cm³/mol. The van der Waals surface area contributed by atoms with Crippen LogP contribution in [0.5, 0.6) is 0 Å². The second-order valence-corrected chi connectivity index (χ2v) is 5.29. The highest BCUT2D eigenvalue weighted by atomic mass is 32.1. The number of pyridine rings is 1. The van der Waals surface area contributed by atoms with E-state index >= 15 is 0 Å². The van der Waals surface area contributed by atoms with Crippen molar-refractivity contribution >= 4 is 21.4 Å². The van der Waals surface area contributed by atoms with Crippen molar-refractivity contribution in [3.8, 4) is 0 Å². The van der Waals surface area contributed by atoms with Crippen molar-refractivity contribution in [2.24, 2.45) is 0 Å². The summed E-state index contributed by atoms with van der Waals surface area (Å²) in [5, 5.41) is 10.9. The Balaban J connectivity index is 2.04. The van der Waals surface area contributed by atoms with Crippen LogP contribution in [0.4, 0.5) is 8.78 Å². The van der Waals surface area contributed by atoms with Gasteiger partial charge in [0.15, 0.2) is 0 Å². The van der Waals surface area contributed by atoms with Crippen LogP contribution in [0.3, 0.4) is 0 Å². The second-order valence-electron chi connectivity index (χ2n) is 4.17. The number of thiophene rings is 1.